The monoisotopic (exact) mass is 272 g/mol. The van der Waals surface area contributed by atoms with Gasteiger partial charge in [-0.2, -0.15) is 5.26 Å². The number of aryl methyl sites for hydroxylation is 1. The number of hydrogen-bond donors (Lipinski definition) is 1. The van der Waals surface area contributed by atoms with Crippen molar-refractivity contribution in [3.8, 4) is 6.07 Å². The largest absolute Gasteiger partial charge is 0.372 e. The van der Waals surface area contributed by atoms with E-state index in [1.54, 1.807) is 0 Å². The maximum atomic E-state index is 8.36. The zero-order valence-electron chi connectivity index (χ0n) is 6.76. The number of halogens is 1. The Morgan fingerprint density at radius 2 is 2.33 bits per heavy atom. The van der Waals surface area contributed by atoms with Crippen molar-refractivity contribution in [3.63, 3.8) is 0 Å². The lowest BCUT2D eigenvalue weighted by atomic mass is 10.2. The molecule has 0 radical (unpaired) electrons. The summed E-state index contributed by atoms with van der Waals surface area (Å²) in [7, 11) is 0. The van der Waals surface area contributed by atoms with Crippen LogP contribution in [0.3, 0.4) is 0 Å². The van der Waals surface area contributed by atoms with Crippen molar-refractivity contribution in [2.45, 2.75) is 6.92 Å². The molecule has 1 aromatic carbocycles. The van der Waals surface area contributed by atoms with Crippen molar-refractivity contribution in [3.05, 3.63) is 27.3 Å². The first-order chi connectivity index (χ1) is 5.74. The van der Waals surface area contributed by atoms with E-state index >= 15 is 0 Å². The molecule has 0 aliphatic heterocycles. The minimum atomic E-state index is 0.363. The quantitative estimate of drug-likeness (QED) is 0.663. The Hall–Kier alpha value is -0.760. The van der Waals surface area contributed by atoms with Crippen LogP contribution in [0.1, 0.15) is 5.56 Å². The summed E-state index contributed by atoms with van der Waals surface area (Å²) in [6, 6.07) is 8.14. The number of benzene rings is 1. The minimum Gasteiger partial charge on any atom is -0.372 e. The molecule has 0 unspecified atom stereocenters. The van der Waals surface area contributed by atoms with Gasteiger partial charge in [0.15, 0.2) is 0 Å². The van der Waals surface area contributed by atoms with Gasteiger partial charge in [0.25, 0.3) is 0 Å². The number of nitriles is 1. The van der Waals surface area contributed by atoms with E-state index in [0.29, 0.717) is 6.54 Å². The standard InChI is InChI=1S/C9H9IN2/c1-7-6-8(10)2-3-9(7)12-5-4-11/h2-3,6,12H,5H2,1H3. The van der Waals surface area contributed by atoms with E-state index in [-0.39, 0.29) is 0 Å². The summed E-state index contributed by atoms with van der Waals surface area (Å²) in [5, 5.41) is 11.4. The molecule has 0 saturated carbocycles. The van der Waals surface area contributed by atoms with Crippen LogP contribution in [0.25, 0.3) is 0 Å². The Morgan fingerprint density at radius 1 is 1.58 bits per heavy atom. The third-order valence-corrected chi connectivity index (χ3v) is 2.22. The van der Waals surface area contributed by atoms with Gasteiger partial charge >= 0.3 is 0 Å². The molecule has 0 aromatic heterocycles. The fourth-order valence-corrected chi connectivity index (χ4v) is 1.61. The SMILES string of the molecule is Cc1cc(I)ccc1NCC#N. The zero-order valence-corrected chi connectivity index (χ0v) is 8.92. The second-order valence-corrected chi connectivity index (χ2v) is 3.72. The molecule has 0 aliphatic rings. The second-order valence-electron chi connectivity index (χ2n) is 2.47. The molecule has 1 N–H and O–H groups in total. The van der Waals surface area contributed by atoms with Gasteiger partial charge in [0.2, 0.25) is 0 Å². The molecule has 1 rings (SSSR count). The molecule has 0 heterocycles. The first-order valence-electron chi connectivity index (χ1n) is 3.61. The Bertz CT molecular complexity index is 315. The average molecular weight is 272 g/mol. The van der Waals surface area contributed by atoms with Gasteiger partial charge < -0.3 is 5.32 Å². The fraction of sp³-hybridized carbons (Fsp3) is 0.222. The molecule has 62 valence electrons. The molecule has 0 fully saturated rings. The molecule has 0 spiro atoms. The van der Waals surface area contributed by atoms with Crippen LogP contribution in [0.4, 0.5) is 5.69 Å². The lowest BCUT2D eigenvalue weighted by Crippen LogP contribution is -1.99. The highest BCUT2D eigenvalue weighted by molar-refractivity contribution is 14.1. The van der Waals surface area contributed by atoms with Gasteiger partial charge in [0.1, 0.15) is 6.54 Å². The van der Waals surface area contributed by atoms with Crippen LogP contribution in [0.15, 0.2) is 18.2 Å². The van der Waals surface area contributed by atoms with Crippen molar-refractivity contribution < 1.29 is 0 Å². The molecule has 0 bridgehead atoms. The van der Waals surface area contributed by atoms with Crippen LogP contribution in [-0.2, 0) is 0 Å². The maximum absolute atomic E-state index is 8.36. The summed E-state index contributed by atoms with van der Waals surface area (Å²) in [5.41, 5.74) is 2.22. The number of anilines is 1. The summed E-state index contributed by atoms with van der Waals surface area (Å²) in [4.78, 5) is 0. The van der Waals surface area contributed by atoms with Gasteiger partial charge in [-0.25, -0.2) is 0 Å². The van der Waals surface area contributed by atoms with Gasteiger partial charge in [0.05, 0.1) is 6.07 Å². The number of nitrogens with zero attached hydrogens (tertiary/aromatic N) is 1. The zero-order chi connectivity index (χ0) is 8.97. The number of rotatable bonds is 2. The number of hydrogen-bond acceptors (Lipinski definition) is 2. The van der Waals surface area contributed by atoms with Crippen molar-refractivity contribution in [2.24, 2.45) is 0 Å². The molecule has 0 aliphatic carbocycles. The van der Waals surface area contributed by atoms with Crippen LogP contribution in [0.5, 0.6) is 0 Å². The van der Waals surface area contributed by atoms with E-state index in [2.05, 4.69) is 34.0 Å². The third-order valence-electron chi connectivity index (χ3n) is 1.55. The van der Waals surface area contributed by atoms with Crippen molar-refractivity contribution in [1.82, 2.24) is 0 Å². The topological polar surface area (TPSA) is 35.8 Å². The van der Waals surface area contributed by atoms with Gasteiger partial charge in [-0.3, -0.25) is 0 Å². The highest BCUT2D eigenvalue weighted by atomic mass is 127. The van der Waals surface area contributed by atoms with Gasteiger partial charge in [-0.1, -0.05) is 0 Å². The summed E-state index contributed by atoms with van der Waals surface area (Å²) in [6.45, 7) is 2.39. The van der Waals surface area contributed by atoms with E-state index in [1.807, 2.05) is 25.1 Å². The molecule has 0 saturated heterocycles. The third kappa shape index (κ3) is 2.38. The highest BCUT2D eigenvalue weighted by Crippen LogP contribution is 2.16. The first-order valence-corrected chi connectivity index (χ1v) is 4.69. The van der Waals surface area contributed by atoms with Crippen LogP contribution in [0.2, 0.25) is 0 Å². The van der Waals surface area contributed by atoms with Crippen LogP contribution in [-0.4, -0.2) is 6.54 Å². The van der Waals surface area contributed by atoms with Gasteiger partial charge in [-0.15, -0.1) is 0 Å². The lowest BCUT2D eigenvalue weighted by molar-refractivity contribution is 1.29. The summed E-state index contributed by atoms with van der Waals surface area (Å²) < 4.78 is 1.22. The Kier molecular flexibility index (Phi) is 3.35. The van der Waals surface area contributed by atoms with Crippen LogP contribution < -0.4 is 5.32 Å². The summed E-state index contributed by atoms with van der Waals surface area (Å²) in [6.07, 6.45) is 0. The fourth-order valence-electron chi connectivity index (χ4n) is 0.960. The van der Waals surface area contributed by atoms with Crippen LogP contribution >= 0.6 is 22.6 Å². The molecule has 2 nitrogen and oxygen atoms in total. The van der Waals surface area contributed by atoms with Crippen LogP contribution in [0, 0.1) is 21.8 Å². The van der Waals surface area contributed by atoms with E-state index in [4.69, 9.17) is 5.26 Å². The average Bonchev–Trinajstić information content (AvgIpc) is 2.03. The van der Waals surface area contributed by atoms with E-state index in [0.717, 1.165) is 5.69 Å². The molecule has 12 heavy (non-hydrogen) atoms. The van der Waals surface area contributed by atoms with Crippen molar-refractivity contribution >= 4 is 28.3 Å². The highest BCUT2D eigenvalue weighted by Gasteiger charge is 1.96. The van der Waals surface area contributed by atoms with Crippen molar-refractivity contribution in [1.29, 1.82) is 5.26 Å². The Labute approximate surface area is 85.7 Å². The van der Waals surface area contributed by atoms with Crippen molar-refractivity contribution in [2.75, 3.05) is 11.9 Å². The van der Waals surface area contributed by atoms with E-state index < -0.39 is 0 Å². The van der Waals surface area contributed by atoms with Gasteiger partial charge in [0, 0.05) is 9.26 Å². The smallest absolute Gasteiger partial charge is 0.103 e. The number of nitrogens with one attached hydrogen (secondary N) is 1. The first kappa shape index (κ1) is 9.33. The predicted octanol–water partition coefficient (Wildman–Crippen LogP) is 2.54. The molecular weight excluding hydrogens is 263 g/mol. The molecule has 0 amide bonds. The normalized spacial score (nSPS) is 9.08. The van der Waals surface area contributed by atoms with Gasteiger partial charge in [-0.05, 0) is 53.3 Å². The van der Waals surface area contributed by atoms with E-state index in [1.165, 1.54) is 9.13 Å². The molecule has 1 aromatic rings. The molecule has 3 heteroatoms. The minimum absolute atomic E-state index is 0.363. The summed E-state index contributed by atoms with van der Waals surface area (Å²) in [5.74, 6) is 0. The lowest BCUT2D eigenvalue weighted by Gasteiger charge is -2.05. The van der Waals surface area contributed by atoms with E-state index in [9.17, 15) is 0 Å². The summed E-state index contributed by atoms with van der Waals surface area (Å²) >= 11 is 2.27. The Morgan fingerprint density at radius 3 is 2.92 bits per heavy atom. The second kappa shape index (κ2) is 4.31. The Balaban J connectivity index is 2.81. The maximum Gasteiger partial charge on any atom is 0.103 e. The molecular formula is C9H9IN2. The predicted molar refractivity (Wildman–Crippen MR) is 58.0 cm³/mol. The molecule has 0 atom stereocenters.